The summed E-state index contributed by atoms with van der Waals surface area (Å²) >= 11 is 12.7. The largest absolute Gasteiger partial charge is 0.464 e. The summed E-state index contributed by atoms with van der Waals surface area (Å²) in [6, 6.07) is 24.0. The van der Waals surface area contributed by atoms with Gasteiger partial charge in [-0.05, 0) is 66.9 Å². The highest BCUT2D eigenvalue weighted by Crippen LogP contribution is 2.38. The summed E-state index contributed by atoms with van der Waals surface area (Å²) in [6.45, 7) is 10.0. The first kappa shape index (κ1) is 29.6. The second-order valence-electron chi connectivity index (χ2n) is 12.0. The fraction of sp³-hybridized carbons (Fsp3) is 0.375. The van der Waals surface area contributed by atoms with Gasteiger partial charge in [-0.1, -0.05) is 85.3 Å². The highest BCUT2D eigenvalue weighted by molar-refractivity contribution is 6.76. The van der Waals surface area contributed by atoms with Gasteiger partial charge in [-0.15, -0.1) is 0 Å². The summed E-state index contributed by atoms with van der Waals surface area (Å²) in [5.41, 5.74) is 4.98. The quantitative estimate of drug-likeness (QED) is 0.147. The van der Waals surface area contributed by atoms with Gasteiger partial charge < -0.3 is 14.8 Å². The summed E-state index contributed by atoms with van der Waals surface area (Å²) in [5, 5.41) is 14.6. The van der Waals surface area contributed by atoms with E-state index in [1.165, 1.54) is 0 Å². The van der Waals surface area contributed by atoms with Crippen molar-refractivity contribution in [2.45, 2.75) is 50.7 Å². The van der Waals surface area contributed by atoms with E-state index in [0.717, 1.165) is 54.2 Å². The van der Waals surface area contributed by atoms with E-state index < -0.39 is 8.07 Å². The van der Waals surface area contributed by atoms with Crippen molar-refractivity contribution in [2.75, 3.05) is 26.3 Å². The third-order valence-corrected chi connectivity index (χ3v) is 10.3. The molecule has 6 nitrogen and oxygen atoms in total. The lowest BCUT2D eigenvalue weighted by atomic mass is 9.72. The molecule has 0 radical (unpaired) electrons. The molecule has 0 aliphatic carbocycles. The van der Waals surface area contributed by atoms with Crippen LogP contribution in [0, 0.1) is 11.3 Å². The summed E-state index contributed by atoms with van der Waals surface area (Å²) in [6.07, 6.45) is 1.69. The molecule has 1 N–H and O–H groups in total. The van der Waals surface area contributed by atoms with Gasteiger partial charge in [-0.25, -0.2) is 0 Å². The number of nitrogens with zero attached hydrogens (tertiary/aromatic N) is 3. The van der Waals surface area contributed by atoms with Crippen molar-refractivity contribution in [3.8, 4) is 23.2 Å². The van der Waals surface area contributed by atoms with Crippen molar-refractivity contribution >= 4 is 42.3 Å². The first-order valence-corrected chi connectivity index (χ1v) is 18.5. The number of nitriles is 1. The molecule has 4 aromatic rings. The smallest absolute Gasteiger partial charge is 0.299 e. The van der Waals surface area contributed by atoms with Crippen molar-refractivity contribution in [3.63, 3.8) is 0 Å². The van der Waals surface area contributed by atoms with E-state index in [4.69, 9.17) is 37.7 Å². The monoisotopic (exact) mass is 606 g/mol. The zero-order valence-electron chi connectivity index (χ0n) is 23.8. The maximum Gasteiger partial charge on any atom is 0.299 e. The maximum absolute atomic E-state index is 10.2. The zero-order chi connectivity index (χ0) is 29.0. The molecule has 9 heteroatoms. The van der Waals surface area contributed by atoms with Crippen molar-refractivity contribution in [2.24, 2.45) is 0 Å². The fourth-order valence-electron chi connectivity index (χ4n) is 5.38. The maximum atomic E-state index is 10.2. The van der Waals surface area contributed by atoms with E-state index in [2.05, 4.69) is 55.3 Å². The molecule has 1 fully saturated rings. The molecule has 41 heavy (non-hydrogen) atoms. The van der Waals surface area contributed by atoms with Crippen LogP contribution in [0.1, 0.15) is 24.0 Å². The van der Waals surface area contributed by atoms with E-state index in [1.807, 2.05) is 34.9 Å². The van der Waals surface area contributed by atoms with Crippen LogP contribution in [0.5, 0.6) is 6.01 Å². The molecule has 2 heterocycles. The lowest BCUT2D eigenvalue weighted by molar-refractivity contribution is 0.0767. The molecule has 1 saturated heterocycles. The second kappa shape index (κ2) is 12.6. The average molecular weight is 608 g/mol. The Morgan fingerprint density at radius 3 is 2.44 bits per heavy atom. The van der Waals surface area contributed by atoms with E-state index >= 15 is 0 Å². The number of hydrogen-bond acceptors (Lipinski definition) is 5. The van der Waals surface area contributed by atoms with Crippen LogP contribution in [-0.2, 0) is 16.9 Å². The number of aromatic nitrogens is 2. The highest BCUT2D eigenvalue weighted by atomic mass is 35.5. The Morgan fingerprint density at radius 2 is 1.73 bits per heavy atom. The van der Waals surface area contributed by atoms with Crippen LogP contribution in [0.4, 0.5) is 0 Å². The molecular formula is C32H36Cl2N4O2Si. The van der Waals surface area contributed by atoms with E-state index in [9.17, 15) is 5.26 Å². The van der Waals surface area contributed by atoms with Crippen LogP contribution < -0.4 is 10.1 Å². The Kier molecular flexibility index (Phi) is 9.08. The summed E-state index contributed by atoms with van der Waals surface area (Å²) in [7, 11) is -1.24. The van der Waals surface area contributed by atoms with Gasteiger partial charge in [0.15, 0.2) is 0 Å². The zero-order valence-corrected chi connectivity index (χ0v) is 26.4. The molecule has 0 unspecified atom stereocenters. The van der Waals surface area contributed by atoms with Crippen LogP contribution in [0.25, 0.3) is 22.2 Å². The third-order valence-electron chi connectivity index (χ3n) is 7.83. The lowest BCUT2D eigenvalue weighted by Crippen LogP contribution is -2.44. The van der Waals surface area contributed by atoms with Crippen LogP contribution in [0.2, 0.25) is 35.7 Å². The van der Waals surface area contributed by atoms with Gasteiger partial charge in [0, 0.05) is 20.1 Å². The average Bonchev–Trinajstić information content (AvgIpc) is 3.30. The summed E-state index contributed by atoms with van der Waals surface area (Å²) in [5.74, 6) is 0. The number of imidazole rings is 1. The number of fused-ring (bicyclic) bond motifs is 1. The molecule has 1 aliphatic rings. The van der Waals surface area contributed by atoms with Crippen LogP contribution in [0.15, 0.2) is 60.7 Å². The van der Waals surface area contributed by atoms with Crippen LogP contribution >= 0.6 is 23.2 Å². The lowest BCUT2D eigenvalue weighted by Gasteiger charge is -2.38. The SMILES string of the molecule is C[Si](C)(C)CCOCn1c(OCC2(c3ccc(-c4ccccc4)cc3C#N)CCNCC2)nc2cc(Cl)c(Cl)cc21. The van der Waals surface area contributed by atoms with Gasteiger partial charge in [-0.3, -0.25) is 4.57 Å². The molecule has 1 aliphatic heterocycles. The Balaban J connectivity index is 1.46. The molecular weight excluding hydrogens is 571 g/mol. The molecule has 0 amide bonds. The number of rotatable bonds is 10. The Bertz CT molecular complexity index is 1550. The minimum Gasteiger partial charge on any atom is -0.464 e. The van der Waals surface area contributed by atoms with Crippen molar-refractivity contribution < 1.29 is 9.47 Å². The summed E-state index contributed by atoms with van der Waals surface area (Å²) < 4.78 is 14.6. The van der Waals surface area contributed by atoms with Crippen LogP contribution in [0.3, 0.4) is 0 Å². The number of nitrogens with one attached hydrogen (secondary N) is 1. The van der Waals surface area contributed by atoms with Crippen molar-refractivity contribution in [1.29, 1.82) is 5.26 Å². The fourth-order valence-corrected chi connectivity index (χ4v) is 6.45. The minimum atomic E-state index is -1.24. The Labute approximate surface area is 253 Å². The van der Waals surface area contributed by atoms with Gasteiger partial charge >= 0.3 is 0 Å². The first-order valence-electron chi connectivity index (χ1n) is 14.1. The van der Waals surface area contributed by atoms with E-state index in [0.29, 0.717) is 47.1 Å². The number of ether oxygens (including phenoxy) is 2. The van der Waals surface area contributed by atoms with Crippen LogP contribution in [-0.4, -0.2) is 43.9 Å². The topological polar surface area (TPSA) is 72.1 Å². The van der Waals surface area contributed by atoms with E-state index in [-0.39, 0.29) is 5.41 Å². The molecule has 0 saturated carbocycles. The molecule has 0 atom stereocenters. The minimum absolute atomic E-state index is 0.304. The standard InChI is InChI=1S/C32H36Cl2N4O2Si/c1-41(2,3)16-15-39-22-38-30-19-28(34)27(33)18-29(30)37-31(38)40-21-32(11-13-36-14-12-32)26-10-9-24(17-25(26)20-35)23-7-5-4-6-8-23/h4-10,17-19,36H,11-16,21-22H2,1-3H3. The predicted molar refractivity (Wildman–Crippen MR) is 170 cm³/mol. The first-order chi connectivity index (χ1) is 19.7. The Morgan fingerprint density at radius 1 is 1.00 bits per heavy atom. The van der Waals surface area contributed by atoms with Gasteiger partial charge in [-0.2, -0.15) is 10.2 Å². The number of piperidine rings is 1. The molecule has 3 aromatic carbocycles. The predicted octanol–water partition coefficient (Wildman–Crippen LogP) is 7.89. The van der Waals surface area contributed by atoms with Gasteiger partial charge in [0.1, 0.15) is 13.3 Å². The molecule has 214 valence electrons. The molecule has 1 aromatic heterocycles. The third kappa shape index (κ3) is 6.80. The van der Waals surface area contributed by atoms with E-state index in [1.54, 1.807) is 6.07 Å². The summed E-state index contributed by atoms with van der Waals surface area (Å²) in [4.78, 5) is 4.79. The number of halogens is 2. The normalized spacial score (nSPS) is 15.1. The van der Waals surface area contributed by atoms with Gasteiger partial charge in [0.05, 0.1) is 32.7 Å². The van der Waals surface area contributed by atoms with Gasteiger partial charge in [0.2, 0.25) is 0 Å². The van der Waals surface area contributed by atoms with Gasteiger partial charge in [0.25, 0.3) is 6.01 Å². The number of hydrogen-bond donors (Lipinski definition) is 1. The number of benzene rings is 3. The highest BCUT2D eigenvalue weighted by Gasteiger charge is 2.37. The molecule has 5 rings (SSSR count). The second-order valence-corrected chi connectivity index (χ2v) is 18.4. The van der Waals surface area contributed by atoms with Crippen molar-refractivity contribution in [3.05, 3.63) is 81.8 Å². The Hall–Kier alpha value is -2.86. The van der Waals surface area contributed by atoms with Crippen molar-refractivity contribution in [1.82, 2.24) is 14.9 Å². The molecule has 0 spiro atoms. The molecule has 0 bridgehead atoms.